The Hall–Kier alpha value is -4.31. The third-order valence-corrected chi connectivity index (χ3v) is 11.8. The molecule has 59 heavy (non-hydrogen) atoms. The lowest BCUT2D eigenvalue weighted by Gasteiger charge is -2.29. The first kappa shape index (κ1) is 47.4. The molecule has 9 heteroatoms. The standard InChI is InChI=1S/C50H67FO8/c1-7-9-10-13-36-16-18-38(19-17-36)39-20-22-43(46(51)29-39)45-28-40(14-11-24-57-48(55)34(3)4)44(27-37(45)8-2)41-21-23-47(59-33-50(30-52,31-53)32-54)42(26-41)15-12-25-58-49(56)35(5)6/h20-23,26-29,36,38,52-54H,3,5,7-19,24-25,30-33H2,1-2,4,6H3. The summed E-state index contributed by atoms with van der Waals surface area (Å²) in [4.78, 5) is 24.2. The number of hydrogen-bond donors (Lipinski definition) is 3. The number of halogens is 1. The summed E-state index contributed by atoms with van der Waals surface area (Å²) in [5.74, 6) is 0.527. The summed E-state index contributed by atoms with van der Waals surface area (Å²) < 4.78 is 33.3. The molecule has 1 saturated carbocycles. The van der Waals surface area contributed by atoms with Gasteiger partial charge in [-0.2, -0.15) is 0 Å². The van der Waals surface area contributed by atoms with Crippen LogP contribution in [0.15, 0.2) is 72.8 Å². The number of hydrogen-bond acceptors (Lipinski definition) is 8. The highest BCUT2D eigenvalue weighted by Gasteiger charge is 2.30. The summed E-state index contributed by atoms with van der Waals surface area (Å²) in [7, 11) is 0. The van der Waals surface area contributed by atoms with Crippen LogP contribution in [-0.2, 0) is 38.3 Å². The van der Waals surface area contributed by atoms with Gasteiger partial charge in [-0.1, -0.05) is 83.0 Å². The number of aryl methyl sites for hydroxylation is 3. The van der Waals surface area contributed by atoms with Crippen LogP contribution in [0.2, 0.25) is 0 Å². The molecule has 4 rings (SSSR count). The van der Waals surface area contributed by atoms with Crippen molar-refractivity contribution in [3.05, 3.63) is 101 Å². The van der Waals surface area contributed by atoms with Crippen LogP contribution in [-0.4, -0.2) is 66.9 Å². The maximum Gasteiger partial charge on any atom is 0.333 e. The molecule has 0 aromatic heterocycles. The Kier molecular flexibility index (Phi) is 18.8. The summed E-state index contributed by atoms with van der Waals surface area (Å²) in [6, 6.07) is 15.8. The van der Waals surface area contributed by atoms with E-state index in [1.807, 2.05) is 24.3 Å². The third-order valence-electron chi connectivity index (χ3n) is 11.8. The zero-order valence-corrected chi connectivity index (χ0v) is 35.9. The van der Waals surface area contributed by atoms with Crippen LogP contribution in [0.25, 0.3) is 22.3 Å². The number of aliphatic hydroxyl groups is 3. The Balaban J connectivity index is 1.71. The fourth-order valence-corrected chi connectivity index (χ4v) is 7.88. The van der Waals surface area contributed by atoms with E-state index in [9.17, 15) is 24.9 Å². The second-order valence-electron chi connectivity index (χ2n) is 16.6. The van der Waals surface area contributed by atoms with Gasteiger partial charge in [-0.3, -0.25) is 0 Å². The maximum atomic E-state index is 16.3. The van der Waals surface area contributed by atoms with E-state index in [-0.39, 0.29) is 25.6 Å². The van der Waals surface area contributed by atoms with Crippen molar-refractivity contribution in [1.82, 2.24) is 0 Å². The molecule has 0 atom stereocenters. The van der Waals surface area contributed by atoms with Crippen LogP contribution < -0.4 is 4.74 Å². The van der Waals surface area contributed by atoms with Gasteiger partial charge in [-0.05, 0) is 141 Å². The van der Waals surface area contributed by atoms with E-state index in [1.165, 1.54) is 38.5 Å². The number of carbonyl (C=O) groups excluding carboxylic acids is 2. The van der Waals surface area contributed by atoms with Crippen LogP contribution in [0.5, 0.6) is 5.75 Å². The molecule has 1 fully saturated rings. The first-order chi connectivity index (χ1) is 28.4. The van der Waals surface area contributed by atoms with Crippen LogP contribution in [0.3, 0.4) is 0 Å². The first-order valence-electron chi connectivity index (χ1n) is 21.6. The third kappa shape index (κ3) is 13.3. The highest BCUT2D eigenvalue weighted by molar-refractivity contribution is 5.87. The molecular weight excluding hydrogens is 748 g/mol. The van der Waals surface area contributed by atoms with Crippen molar-refractivity contribution in [2.75, 3.05) is 39.6 Å². The summed E-state index contributed by atoms with van der Waals surface area (Å²) in [6.45, 7) is 13.7. The lowest BCUT2D eigenvalue weighted by Crippen LogP contribution is -2.39. The van der Waals surface area contributed by atoms with Gasteiger partial charge in [0, 0.05) is 16.7 Å². The largest absolute Gasteiger partial charge is 0.492 e. The molecule has 1 aliphatic rings. The topological polar surface area (TPSA) is 123 Å². The number of ether oxygens (including phenoxy) is 3. The molecule has 1 aliphatic carbocycles. The monoisotopic (exact) mass is 814 g/mol. The molecule has 3 N–H and O–H groups in total. The van der Waals surface area contributed by atoms with Crippen LogP contribution >= 0.6 is 0 Å². The van der Waals surface area contributed by atoms with E-state index in [0.29, 0.717) is 60.5 Å². The minimum atomic E-state index is -1.24. The summed E-state index contributed by atoms with van der Waals surface area (Å²) in [5.41, 5.74) is 6.47. The Morgan fingerprint density at radius 3 is 1.90 bits per heavy atom. The lowest BCUT2D eigenvalue weighted by atomic mass is 9.76. The Labute approximate surface area is 351 Å². The Morgan fingerprint density at radius 2 is 1.34 bits per heavy atom. The van der Waals surface area contributed by atoms with Crippen molar-refractivity contribution in [2.24, 2.45) is 11.3 Å². The predicted octanol–water partition coefficient (Wildman–Crippen LogP) is 10.0. The quantitative estimate of drug-likeness (QED) is 0.0464. The second-order valence-corrected chi connectivity index (χ2v) is 16.6. The normalized spacial score (nSPS) is 15.5. The van der Waals surface area contributed by atoms with Crippen LogP contribution in [0.4, 0.5) is 4.39 Å². The number of rotatable bonds is 24. The van der Waals surface area contributed by atoms with Crippen molar-refractivity contribution >= 4 is 11.9 Å². The van der Waals surface area contributed by atoms with Gasteiger partial charge in [0.05, 0.1) is 38.4 Å². The molecule has 0 bridgehead atoms. The zero-order valence-electron chi connectivity index (χ0n) is 35.9. The Bertz CT molecular complexity index is 1860. The molecule has 3 aromatic carbocycles. The molecule has 0 amide bonds. The van der Waals surface area contributed by atoms with E-state index in [4.69, 9.17) is 14.2 Å². The Morgan fingerprint density at radius 1 is 0.729 bits per heavy atom. The van der Waals surface area contributed by atoms with Crippen molar-refractivity contribution in [3.8, 4) is 28.0 Å². The molecule has 0 spiro atoms. The molecular formula is C50H67FO8. The van der Waals surface area contributed by atoms with E-state index in [1.54, 1.807) is 19.9 Å². The number of benzene rings is 3. The van der Waals surface area contributed by atoms with E-state index < -0.39 is 37.2 Å². The van der Waals surface area contributed by atoms with Crippen molar-refractivity contribution in [1.29, 1.82) is 0 Å². The molecule has 3 aromatic rings. The number of esters is 2. The molecule has 8 nitrogen and oxygen atoms in total. The van der Waals surface area contributed by atoms with Crippen LogP contribution in [0.1, 0.15) is 120 Å². The highest BCUT2D eigenvalue weighted by Crippen LogP contribution is 2.41. The molecule has 0 saturated heterocycles. The van der Waals surface area contributed by atoms with Gasteiger partial charge in [-0.15, -0.1) is 0 Å². The second kappa shape index (κ2) is 23.5. The van der Waals surface area contributed by atoms with Gasteiger partial charge in [0.25, 0.3) is 0 Å². The summed E-state index contributed by atoms with van der Waals surface area (Å²) in [6.07, 6.45) is 12.4. The summed E-state index contributed by atoms with van der Waals surface area (Å²) >= 11 is 0. The molecule has 0 heterocycles. The molecule has 322 valence electrons. The maximum absolute atomic E-state index is 16.3. The van der Waals surface area contributed by atoms with Crippen molar-refractivity contribution < 1.29 is 43.5 Å². The molecule has 0 aliphatic heterocycles. The minimum Gasteiger partial charge on any atom is -0.492 e. The van der Waals surface area contributed by atoms with Crippen molar-refractivity contribution in [3.63, 3.8) is 0 Å². The lowest BCUT2D eigenvalue weighted by molar-refractivity contribution is -0.139. The van der Waals surface area contributed by atoms with Gasteiger partial charge in [-0.25, -0.2) is 14.0 Å². The van der Waals surface area contributed by atoms with Gasteiger partial charge < -0.3 is 29.5 Å². The van der Waals surface area contributed by atoms with Crippen LogP contribution in [0, 0.1) is 17.2 Å². The van der Waals surface area contributed by atoms with E-state index in [0.717, 1.165) is 57.7 Å². The molecule has 0 radical (unpaired) electrons. The molecule has 0 unspecified atom stereocenters. The first-order valence-corrected chi connectivity index (χ1v) is 21.6. The average molecular weight is 815 g/mol. The zero-order chi connectivity index (χ0) is 43.0. The fraction of sp³-hybridized carbons (Fsp3) is 0.520. The SMILES string of the molecule is C=C(C)C(=O)OCCCc1cc(-c2cc(CC)c(-c3ccc(C4CCC(CCCCC)CC4)cc3F)cc2CCCOC(=O)C(=C)C)ccc1OCC(CO)(CO)CO. The number of aliphatic hydroxyl groups excluding tert-OH is 3. The van der Waals surface area contributed by atoms with Crippen molar-refractivity contribution in [2.45, 2.75) is 117 Å². The van der Waals surface area contributed by atoms with Gasteiger partial charge in [0.1, 0.15) is 18.2 Å². The van der Waals surface area contributed by atoms with E-state index >= 15 is 4.39 Å². The summed E-state index contributed by atoms with van der Waals surface area (Å²) in [5, 5.41) is 29.8. The average Bonchev–Trinajstić information content (AvgIpc) is 3.24. The number of carbonyl (C=O) groups is 2. The van der Waals surface area contributed by atoms with E-state index in [2.05, 4.69) is 45.2 Å². The van der Waals surface area contributed by atoms with Gasteiger partial charge >= 0.3 is 11.9 Å². The minimum absolute atomic E-state index is 0.124. The van der Waals surface area contributed by atoms with Gasteiger partial charge in [0.2, 0.25) is 0 Å². The fourth-order valence-electron chi connectivity index (χ4n) is 7.88. The highest BCUT2D eigenvalue weighted by atomic mass is 19.1. The predicted molar refractivity (Wildman–Crippen MR) is 233 cm³/mol. The number of unbranched alkanes of at least 4 members (excludes halogenated alkanes) is 2. The van der Waals surface area contributed by atoms with Gasteiger partial charge in [0.15, 0.2) is 0 Å². The smallest absolute Gasteiger partial charge is 0.333 e.